The van der Waals surface area contributed by atoms with Gasteiger partial charge in [-0.05, 0) is 66.5 Å². The summed E-state index contributed by atoms with van der Waals surface area (Å²) in [7, 11) is 0. The fourth-order valence-corrected chi connectivity index (χ4v) is 2.82. The van der Waals surface area contributed by atoms with E-state index >= 15 is 0 Å². The molecule has 0 aromatic heterocycles. The Balaban J connectivity index is 2.01. The standard InChI is InChI=1S/C13H18INO/c14-12-9-10(15)7-8-13(12)16-11-5-3-1-2-4-6-11/h7-9,11H,1-6,15H2. The fraction of sp³-hybridized carbons (Fsp3) is 0.538. The average Bonchev–Trinajstić information content (AvgIpc) is 2.51. The maximum Gasteiger partial charge on any atom is 0.133 e. The van der Waals surface area contributed by atoms with E-state index in [4.69, 9.17) is 10.5 Å². The van der Waals surface area contributed by atoms with Crippen molar-refractivity contribution in [1.82, 2.24) is 0 Å². The van der Waals surface area contributed by atoms with Gasteiger partial charge in [0.15, 0.2) is 0 Å². The van der Waals surface area contributed by atoms with Crippen molar-refractivity contribution in [1.29, 1.82) is 0 Å². The Morgan fingerprint density at radius 2 is 1.81 bits per heavy atom. The van der Waals surface area contributed by atoms with E-state index in [-0.39, 0.29) is 0 Å². The Bertz CT molecular complexity index is 346. The van der Waals surface area contributed by atoms with E-state index < -0.39 is 0 Å². The van der Waals surface area contributed by atoms with Gasteiger partial charge in [0, 0.05) is 5.69 Å². The van der Waals surface area contributed by atoms with Crippen molar-refractivity contribution < 1.29 is 4.74 Å². The largest absolute Gasteiger partial charge is 0.489 e. The first-order chi connectivity index (χ1) is 7.75. The van der Waals surface area contributed by atoms with Crippen LogP contribution in [0.5, 0.6) is 5.75 Å². The zero-order chi connectivity index (χ0) is 11.4. The number of hydrogen-bond donors (Lipinski definition) is 1. The van der Waals surface area contributed by atoms with Crippen LogP contribution in [-0.4, -0.2) is 6.10 Å². The SMILES string of the molecule is Nc1ccc(OC2CCCCCC2)c(I)c1. The van der Waals surface area contributed by atoms with Gasteiger partial charge < -0.3 is 10.5 Å². The highest BCUT2D eigenvalue weighted by Crippen LogP contribution is 2.27. The second-order valence-electron chi connectivity index (χ2n) is 4.42. The first-order valence-electron chi connectivity index (χ1n) is 5.97. The molecular weight excluding hydrogens is 313 g/mol. The number of halogens is 1. The van der Waals surface area contributed by atoms with E-state index in [1.54, 1.807) is 0 Å². The summed E-state index contributed by atoms with van der Waals surface area (Å²) in [6, 6.07) is 5.86. The summed E-state index contributed by atoms with van der Waals surface area (Å²) in [5.74, 6) is 0.988. The highest BCUT2D eigenvalue weighted by molar-refractivity contribution is 14.1. The Morgan fingerprint density at radius 1 is 1.12 bits per heavy atom. The smallest absolute Gasteiger partial charge is 0.133 e. The van der Waals surface area contributed by atoms with Crippen LogP contribution in [0.25, 0.3) is 0 Å². The maximum absolute atomic E-state index is 6.06. The molecule has 3 heteroatoms. The number of ether oxygens (including phenoxy) is 1. The molecule has 88 valence electrons. The molecule has 0 amide bonds. The van der Waals surface area contributed by atoms with Crippen molar-refractivity contribution in [3.8, 4) is 5.75 Å². The number of nitrogen functional groups attached to an aromatic ring is 1. The van der Waals surface area contributed by atoms with E-state index in [0.717, 1.165) is 15.0 Å². The van der Waals surface area contributed by atoms with Crippen molar-refractivity contribution in [3.05, 3.63) is 21.8 Å². The lowest BCUT2D eigenvalue weighted by Crippen LogP contribution is -2.15. The van der Waals surface area contributed by atoms with Crippen molar-refractivity contribution in [2.45, 2.75) is 44.6 Å². The Hall–Kier alpha value is -0.450. The Morgan fingerprint density at radius 3 is 2.44 bits per heavy atom. The second kappa shape index (κ2) is 5.75. The lowest BCUT2D eigenvalue weighted by Gasteiger charge is -2.18. The first kappa shape index (κ1) is 12.0. The molecule has 2 nitrogen and oxygen atoms in total. The number of rotatable bonds is 2. The van der Waals surface area contributed by atoms with Gasteiger partial charge in [-0.3, -0.25) is 0 Å². The van der Waals surface area contributed by atoms with Crippen LogP contribution in [-0.2, 0) is 0 Å². The minimum atomic E-state index is 0.402. The molecule has 2 rings (SSSR count). The van der Waals surface area contributed by atoms with Crippen LogP contribution in [0.2, 0.25) is 0 Å². The molecule has 0 aliphatic heterocycles. The van der Waals surface area contributed by atoms with Crippen molar-refractivity contribution in [2.24, 2.45) is 0 Å². The quantitative estimate of drug-likeness (QED) is 0.505. The lowest BCUT2D eigenvalue weighted by molar-refractivity contribution is 0.182. The molecule has 0 radical (unpaired) electrons. The van der Waals surface area contributed by atoms with Crippen LogP contribution in [0.3, 0.4) is 0 Å². The summed E-state index contributed by atoms with van der Waals surface area (Å²) in [6.45, 7) is 0. The molecule has 0 bridgehead atoms. The molecule has 1 aliphatic carbocycles. The molecule has 0 atom stereocenters. The third kappa shape index (κ3) is 3.27. The van der Waals surface area contributed by atoms with Gasteiger partial charge in [-0.1, -0.05) is 12.8 Å². The van der Waals surface area contributed by atoms with Gasteiger partial charge in [-0.15, -0.1) is 0 Å². The second-order valence-corrected chi connectivity index (χ2v) is 5.58. The minimum Gasteiger partial charge on any atom is -0.489 e. The van der Waals surface area contributed by atoms with Gasteiger partial charge in [-0.2, -0.15) is 0 Å². The van der Waals surface area contributed by atoms with Crippen LogP contribution in [0.15, 0.2) is 18.2 Å². The van der Waals surface area contributed by atoms with Gasteiger partial charge >= 0.3 is 0 Å². The number of nitrogens with two attached hydrogens (primary N) is 1. The molecule has 16 heavy (non-hydrogen) atoms. The molecular formula is C13H18INO. The van der Waals surface area contributed by atoms with E-state index in [2.05, 4.69) is 22.6 Å². The summed E-state index contributed by atoms with van der Waals surface area (Å²) in [5, 5.41) is 0. The zero-order valence-corrected chi connectivity index (χ0v) is 11.6. The van der Waals surface area contributed by atoms with E-state index in [9.17, 15) is 0 Å². The number of benzene rings is 1. The predicted molar refractivity (Wildman–Crippen MR) is 75.7 cm³/mol. The molecule has 1 saturated carbocycles. The van der Waals surface area contributed by atoms with Crippen LogP contribution in [0, 0.1) is 3.57 Å². The normalized spacial score (nSPS) is 18.1. The lowest BCUT2D eigenvalue weighted by atomic mass is 10.1. The third-order valence-corrected chi connectivity index (χ3v) is 3.89. The molecule has 2 N–H and O–H groups in total. The predicted octanol–water partition coefficient (Wildman–Crippen LogP) is 3.98. The fourth-order valence-electron chi connectivity index (χ4n) is 2.15. The van der Waals surface area contributed by atoms with Gasteiger partial charge in [0.25, 0.3) is 0 Å². The van der Waals surface area contributed by atoms with Crippen molar-refractivity contribution >= 4 is 28.3 Å². The van der Waals surface area contributed by atoms with Gasteiger partial charge in [0.2, 0.25) is 0 Å². The minimum absolute atomic E-state index is 0.402. The highest BCUT2D eigenvalue weighted by atomic mass is 127. The van der Waals surface area contributed by atoms with Gasteiger partial charge in [0.05, 0.1) is 9.67 Å². The summed E-state index contributed by atoms with van der Waals surface area (Å²) in [5.41, 5.74) is 6.53. The average molecular weight is 331 g/mol. The summed E-state index contributed by atoms with van der Waals surface area (Å²) in [6.07, 6.45) is 8.12. The van der Waals surface area contributed by atoms with E-state index in [0.29, 0.717) is 6.10 Å². The van der Waals surface area contributed by atoms with Gasteiger partial charge in [0.1, 0.15) is 5.75 Å². The van der Waals surface area contributed by atoms with Crippen LogP contribution < -0.4 is 10.5 Å². The van der Waals surface area contributed by atoms with Crippen molar-refractivity contribution in [2.75, 3.05) is 5.73 Å². The van der Waals surface area contributed by atoms with Crippen LogP contribution >= 0.6 is 22.6 Å². The maximum atomic E-state index is 6.06. The summed E-state index contributed by atoms with van der Waals surface area (Å²) >= 11 is 2.29. The topological polar surface area (TPSA) is 35.2 Å². The molecule has 0 unspecified atom stereocenters. The molecule has 1 aliphatic rings. The van der Waals surface area contributed by atoms with Crippen LogP contribution in [0.1, 0.15) is 38.5 Å². The summed E-state index contributed by atoms with van der Waals surface area (Å²) in [4.78, 5) is 0. The Kier molecular flexibility index (Phi) is 4.32. The molecule has 0 saturated heterocycles. The summed E-state index contributed by atoms with van der Waals surface area (Å²) < 4.78 is 7.17. The molecule has 1 fully saturated rings. The van der Waals surface area contributed by atoms with Crippen molar-refractivity contribution in [3.63, 3.8) is 0 Å². The Labute approximate surface area is 111 Å². The third-order valence-electron chi connectivity index (χ3n) is 3.05. The van der Waals surface area contributed by atoms with Gasteiger partial charge in [-0.25, -0.2) is 0 Å². The zero-order valence-electron chi connectivity index (χ0n) is 9.42. The van der Waals surface area contributed by atoms with Crippen LogP contribution in [0.4, 0.5) is 5.69 Å². The molecule has 1 aromatic carbocycles. The van der Waals surface area contributed by atoms with E-state index in [1.165, 1.54) is 38.5 Å². The monoisotopic (exact) mass is 331 g/mol. The first-order valence-corrected chi connectivity index (χ1v) is 7.05. The number of hydrogen-bond acceptors (Lipinski definition) is 2. The number of anilines is 1. The molecule has 0 spiro atoms. The van der Waals surface area contributed by atoms with E-state index in [1.807, 2.05) is 18.2 Å². The highest BCUT2D eigenvalue weighted by Gasteiger charge is 2.14. The molecule has 1 aromatic rings. The molecule has 0 heterocycles.